The molecule has 19 heavy (non-hydrogen) atoms. The van der Waals surface area contributed by atoms with E-state index in [1.807, 2.05) is 0 Å². The lowest BCUT2D eigenvalue weighted by molar-refractivity contribution is 0.347. The maximum Gasteiger partial charge on any atom is 0.306 e. The molecule has 1 aromatic rings. The molecule has 0 saturated heterocycles. The molecular weight excluding hydrogens is 256 g/mol. The Morgan fingerprint density at radius 1 is 1.05 bits per heavy atom. The molecule has 1 aliphatic rings. The predicted molar refractivity (Wildman–Crippen MR) is 67.0 cm³/mol. The van der Waals surface area contributed by atoms with E-state index in [1.54, 1.807) is 6.07 Å². The van der Waals surface area contributed by atoms with Crippen LogP contribution in [0.5, 0.6) is 0 Å². The zero-order chi connectivity index (χ0) is 14.0. The van der Waals surface area contributed by atoms with Crippen molar-refractivity contribution in [1.29, 1.82) is 0 Å². The number of hydrogen-bond acceptors (Lipinski definition) is 0. The Labute approximate surface area is 110 Å². The summed E-state index contributed by atoms with van der Waals surface area (Å²) in [5, 5.41) is 0. The minimum absolute atomic E-state index is 0.252. The fourth-order valence-electron chi connectivity index (χ4n) is 2.66. The lowest BCUT2D eigenvalue weighted by Crippen LogP contribution is -2.11. The highest BCUT2D eigenvalue weighted by molar-refractivity contribution is 5.60. The molecule has 1 saturated carbocycles. The van der Waals surface area contributed by atoms with Gasteiger partial charge in [-0.25, -0.2) is 8.78 Å². The van der Waals surface area contributed by atoms with Gasteiger partial charge in [-0.2, -0.15) is 8.78 Å². The highest BCUT2D eigenvalue weighted by Crippen LogP contribution is 2.36. The molecule has 4 heteroatoms. The number of halogens is 4. The second-order valence-electron chi connectivity index (χ2n) is 5.27. The fraction of sp³-hybridized carbons (Fsp3) is 0.467. The Morgan fingerprint density at radius 3 is 2.21 bits per heavy atom. The lowest BCUT2D eigenvalue weighted by Gasteiger charge is -2.26. The second-order valence-corrected chi connectivity index (χ2v) is 5.27. The maximum absolute atomic E-state index is 13.7. The van der Waals surface area contributed by atoms with Crippen molar-refractivity contribution in [3.8, 4) is 0 Å². The normalized spacial score (nSPS) is 23.2. The van der Waals surface area contributed by atoms with Crippen molar-refractivity contribution in [2.24, 2.45) is 5.92 Å². The predicted octanol–water partition coefficient (Wildman–Crippen LogP) is 5.65. The summed E-state index contributed by atoms with van der Waals surface area (Å²) in [5.74, 6) is -1.76. The minimum atomic E-state index is -2.49. The molecule has 0 N–H and O–H groups in total. The molecule has 0 aliphatic heterocycles. The fourth-order valence-corrected chi connectivity index (χ4v) is 2.66. The van der Waals surface area contributed by atoms with E-state index in [2.05, 4.69) is 6.92 Å². The topological polar surface area (TPSA) is 0 Å². The van der Waals surface area contributed by atoms with Crippen molar-refractivity contribution in [1.82, 2.24) is 0 Å². The Morgan fingerprint density at radius 2 is 1.68 bits per heavy atom. The van der Waals surface area contributed by atoms with E-state index in [1.165, 1.54) is 6.07 Å². The smallest absolute Gasteiger partial charge is 0.206 e. The Hall–Kier alpha value is -1.32. The molecule has 0 amide bonds. The minimum Gasteiger partial charge on any atom is -0.206 e. The summed E-state index contributed by atoms with van der Waals surface area (Å²) < 4.78 is 51.0. The summed E-state index contributed by atoms with van der Waals surface area (Å²) in [4.78, 5) is 0. The van der Waals surface area contributed by atoms with Gasteiger partial charge >= 0.3 is 6.08 Å². The second kappa shape index (κ2) is 5.76. The average Bonchev–Trinajstić information content (AvgIpc) is 2.38. The third-order valence-electron chi connectivity index (χ3n) is 3.88. The molecule has 0 radical (unpaired) electrons. The van der Waals surface area contributed by atoms with Gasteiger partial charge in [-0.3, -0.25) is 0 Å². The van der Waals surface area contributed by atoms with E-state index in [0.29, 0.717) is 5.92 Å². The highest BCUT2D eigenvalue weighted by atomic mass is 19.3. The highest BCUT2D eigenvalue weighted by Gasteiger charge is 2.21. The Kier molecular flexibility index (Phi) is 4.27. The largest absolute Gasteiger partial charge is 0.306 e. The maximum atomic E-state index is 13.7. The van der Waals surface area contributed by atoms with Crippen LogP contribution in [-0.4, -0.2) is 0 Å². The molecule has 1 aromatic carbocycles. The van der Waals surface area contributed by atoms with Gasteiger partial charge in [-0.15, -0.1) is 0 Å². The van der Waals surface area contributed by atoms with E-state index in [9.17, 15) is 17.6 Å². The summed E-state index contributed by atoms with van der Waals surface area (Å²) >= 11 is 0. The number of rotatable bonds is 2. The van der Waals surface area contributed by atoms with Crippen molar-refractivity contribution in [3.05, 3.63) is 41.2 Å². The monoisotopic (exact) mass is 272 g/mol. The van der Waals surface area contributed by atoms with E-state index in [4.69, 9.17) is 0 Å². The standard InChI is InChI=1S/C15H16F4/c1-9-2-4-10(5-3-9)11-6-7-12(13(16)8-11)14(17)15(18)19/h6-10H,2-5H2,1H3. The first-order chi connectivity index (χ1) is 8.99. The third-order valence-corrected chi connectivity index (χ3v) is 3.88. The van der Waals surface area contributed by atoms with Crippen LogP contribution < -0.4 is 0 Å². The molecule has 0 spiro atoms. The van der Waals surface area contributed by atoms with Gasteiger partial charge in [0, 0.05) is 0 Å². The molecule has 0 bridgehead atoms. The molecule has 1 aliphatic carbocycles. The van der Waals surface area contributed by atoms with Gasteiger partial charge < -0.3 is 0 Å². The van der Waals surface area contributed by atoms with E-state index in [-0.39, 0.29) is 5.92 Å². The van der Waals surface area contributed by atoms with Gasteiger partial charge in [0.25, 0.3) is 0 Å². The third kappa shape index (κ3) is 3.17. The van der Waals surface area contributed by atoms with Crippen LogP contribution in [0.3, 0.4) is 0 Å². The van der Waals surface area contributed by atoms with Crippen molar-refractivity contribution in [3.63, 3.8) is 0 Å². The summed E-state index contributed by atoms with van der Waals surface area (Å²) in [7, 11) is 0. The molecule has 0 heterocycles. The number of hydrogen-bond donors (Lipinski definition) is 0. The van der Waals surface area contributed by atoms with Crippen molar-refractivity contribution in [2.45, 2.75) is 38.5 Å². The zero-order valence-electron chi connectivity index (χ0n) is 10.7. The van der Waals surface area contributed by atoms with Gasteiger partial charge in [-0.1, -0.05) is 25.8 Å². The summed E-state index contributed by atoms with van der Waals surface area (Å²) in [5.41, 5.74) is 0.119. The molecule has 1 fully saturated rings. The average molecular weight is 272 g/mol. The molecule has 0 nitrogen and oxygen atoms in total. The van der Waals surface area contributed by atoms with Crippen molar-refractivity contribution < 1.29 is 17.6 Å². The van der Waals surface area contributed by atoms with Crippen LogP contribution in [0.15, 0.2) is 24.3 Å². The zero-order valence-corrected chi connectivity index (χ0v) is 10.7. The van der Waals surface area contributed by atoms with E-state index >= 15 is 0 Å². The van der Waals surface area contributed by atoms with Crippen LogP contribution in [-0.2, 0) is 0 Å². The Balaban J connectivity index is 2.22. The van der Waals surface area contributed by atoms with Gasteiger partial charge in [-0.05, 0) is 42.4 Å². The van der Waals surface area contributed by atoms with Crippen molar-refractivity contribution >= 4 is 5.83 Å². The van der Waals surface area contributed by atoms with Crippen molar-refractivity contribution in [2.75, 3.05) is 0 Å². The molecule has 0 unspecified atom stereocenters. The first-order valence-electron chi connectivity index (χ1n) is 6.49. The van der Waals surface area contributed by atoms with Gasteiger partial charge in [0.1, 0.15) is 5.82 Å². The first kappa shape index (κ1) is 14.1. The molecule has 2 rings (SSSR count). The quantitative estimate of drug-likeness (QED) is 0.610. The molecular formula is C15H16F4. The van der Waals surface area contributed by atoms with Crippen LogP contribution in [0, 0.1) is 11.7 Å². The van der Waals surface area contributed by atoms with E-state index < -0.39 is 23.3 Å². The Bertz CT molecular complexity index is 481. The van der Waals surface area contributed by atoms with E-state index in [0.717, 1.165) is 37.3 Å². The summed E-state index contributed by atoms with van der Waals surface area (Å²) in [6, 6.07) is 3.86. The first-order valence-corrected chi connectivity index (χ1v) is 6.49. The molecule has 104 valence electrons. The van der Waals surface area contributed by atoms with Crippen LogP contribution in [0.4, 0.5) is 17.6 Å². The summed E-state index contributed by atoms with van der Waals surface area (Å²) in [6.07, 6.45) is 1.62. The van der Waals surface area contributed by atoms with Crippen LogP contribution in [0.1, 0.15) is 49.7 Å². The van der Waals surface area contributed by atoms with Crippen LogP contribution in [0.2, 0.25) is 0 Å². The molecule has 0 atom stereocenters. The molecule has 0 aromatic heterocycles. The van der Waals surface area contributed by atoms with Gasteiger partial charge in [0.15, 0.2) is 5.83 Å². The van der Waals surface area contributed by atoms with Gasteiger partial charge in [0.05, 0.1) is 5.56 Å². The summed E-state index contributed by atoms with van der Waals surface area (Å²) in [6.45, 7) is 2.18. The number of benzene rings is 1. The van der Waals surface area contributed by atoms with Crippen LogP contribution >= 0.6 is 0 Å². The van der Waals surface area contributed by atoms with Gasteiger partial charge in [0.2, 0.25) is 0 Å². The SMILES string of the molecule is CC1CCC(c2ccc(C(F)=C(F)F)c(F)c2)CC1. The van der Waals surface area contributed by atoms with Crippen LogP contribution in [0.25, 0.3) is 5.83 Å². The lowest BCUT2D eigenvalue weighted by atomic mass is 9.79.